The molecular formula is C22H35F2N3. The Morgan fingerprint density at radius 1 is 1.19 bits per heavy atom. The van der Waals surface area contributed by atoms with Crippen molar-refractivity contribution in [3.05, 3.63) is 35.9 Å². The Balaban J connectivity index is 0.00000158. The molecule has 0 atom stereocenters. The second kappa shape index (κ2) is 11.1. The second-order valence-electron chi connectivity index (χ2n) is 7.06. The number of nitrogens with two attached hydrogens (primary N) is 1. The van der Waals surface area contributed by atoms with Crippen LogP contribution in [0, 0.1) is 12.8 Å². The molecule has 0 spiro atoms. The quantitative estimate of drug-likeness (QED) is 0.733. The lowest BCUT2D eigenvalue weighted by Gasteiger charge is -2.45. The summed E-state index contributed by atoms with van der Waals surface area (Å²) in [6.07, 6.45) is 9.81. The summed E-state index contributed by atoms with van der Waals surface area (Å²) < 4.78 is 27.2. The van der Waals surface area contributed by atoms with E-state index < -0.39 is 5.92 Å². The molecule has 3 N–H and O–H groups in total. The Kier molecular flexibility index (Phi) is 10.3. The SMILES string of the molecule is C#C.C=C(C)c1cc(CC2(N(C)C)CCC(F)(F)CC2)ccc1NC.CN. The van der Waals surface area contributed by atoms with Crippen LogP contribution in [-0.2, 0) is 6.42 Å². The maximum absolute atomic E-state index is 13.6. The fourth-order valence-electron chi connectivity index (χ4n) is 3.52. The number of likely N-dealkylation sites (N-methyl/N-ethyl adjacent to an activating group) is 1. The summed E-state index contributed by atoms with van der Waals surface area (Å²) in [5, 5.41) is 3.18. The highest BCUT2D eigenvalue weighted by Gasteiger charge is 2.44. The van der Waals surface area contributed by atoms with Gasteiger partial charge in [-0.1, -0.05) is 12.6 Å². The summed E-state index contributed by atoms with van der Waals surface area (Å²) in [6.45, 7) is 6.03. The third-order valence-corrected chi connectivity index (χ3v) is 5.21. The molecule has 0 unspecified atom stereocenters. The predicted molar refractivity (Wildman–Crippen MR) is 114 cm³/mol. The second-order valence-corrected chi connectivity index (χ2v) is 7.06. The zero-order valence-corrected chi connectivity index (χ0v) is 17.4. The van der Waals surface area contributed by atoms with Crippen LogP contribution in [0.5, 0.6) is 0 Å². The van der Waals surface area contributed by atoms with E-state index in [9.17, 15) is 8.78 Å². The molecule has 5 heteroatoms. The zero-order chi connectivity index (χ0) is 21.3. The Labute approximate surface area is 164 Å². The van der Waals surface area contributed by atoms with Crippen molar-refractivity contribution in [2.45, 2.75) is 50.5 Å². The van der Waals surface area contributed by atoms with Crippen molar-refractivity contribution < 1.29 is 8.78 Å². The fraction of sp³-hybridized carbons (Fsp3) is 0.545. The molecule has 0 radical (unpaired) electrons. The van der Waals surface area contributed by atoms with E-state index in [2.05, 4.69) is 53.6 Å². The first-order valence-electron chi connectivity index (χ1n) is 9.12. The Hall–Kier alpha value is -1.90. The van der Waals surface area contributed by atoms with Crippen LogP contribution < -0.4 is 11.1 Å². The van der Waals surface area contributed by atoms with Gasteiger partial charge in [0.25, 0.3) is 0 Å². The summed E-state index contributed by atoms with van der Waals surface area (Å²) in [4.78, 5) is 2.13. The van der Waals surface area contributed by atoms with E-state index in [-0.39, 0.29) is 18.4 Å². The molecule has 0 aliphatic heterocycles. The van der Waals surface area contributed by atoms with Gasteiger partial charge in [-0.15, -0.1) is 12.8 Å². The highest BCUT2D eigenvalue weighted by molar-refractivity contribution is 5.74. The first-order chi connectivity index (χ1) is 12.7. The molecule has 0 aromatic heterocycles. The van der Waals surface area contributed by atoms with E-state index in [1.54, 1.807) is 0 Å². The lowest BCUT2D eigenvalue weighted by Crippen LogP contribution is -2.50. The molecule has 3 nitrogen and oxygen atoms in total. The Bertz CT molecular complexity index is 611. The van der Waals surface area contributed by atoms with Crippen molar-refractivity contribution in [2.24, 2.45) is 5.73 Å². The minimum Gasteiger partial charge on any atom is -0.388 e. The minimum absolute atomic E-state index is 0.0207. The molecule has 1 aromatic rings. The van der Waals surface area contributed by atoms with Crippen molar-refractivity contribution in [3.63, 3.8) is 0 Å². The van der Waals surface area contributed by atoms with Gasteiger partial charge in [-0.05, 0) is 70.6 Å². The molecule has 0 amide bonds. The van der Waals surface area contributed by atoms with Crippen LogP contribution in [0.15, 0.2) is 24.8 Å². The van der Waals surface area contributed by atoms with E-state index in [0.717, 1.165) is 23.2 Å². The third-order valence-electron chi connectivity index (χ3n) is 5.21. The average molecular weight is 380 g/mol. The molecule has 0 heterocycles. The number of halogens is 2. The number of nitrogens with zero attached hydrogens (tertiary/aromatic N) is 1. The summed E-state index contributed by atoms with van der Waals surface area (Å²) in [5.41, 5.74) is 8.65. The maximum atomic E-state index is 13.6. The molecule has 1 fully saturated rings. The average Bonchev–Trinajstić information content (AvgIpc) is 2.66. The van der Waals surface area contributed by atoms with Crippen molar-refractivity contribution in [3.8, 4) is 12.8 Å². The van der Waals surface area contributed by atoms with Crippen LogP contribution >= 0.6 is 0 Å². The van der Waals surface area contributed by atoms with Crippen molar-refractivity contribution in [2.75, 3.05) is 33.5 Å². The first kappa shape index (κ1) is 25.1. The number of anilines is 1. The molecule has 1 saturated carbocycles. The Morgan fingerprint density at radius 3 is 2.11 bits per heavy atom. The summed E-state index contributed by atoms with van der Waals surface area (Å²) in [5.74, 6) is -2.50. The molecule has 1 aliphatic rings. The number of nitrogens with one attached hydrogen (secondary N) is 1. The molecule has 0 bridgehead atoms. The lowest BCUT2D eigenvalue weighted by molar-refractivity contribution is -0.0737. The molecular weight excluding hydrogens is 344 g/mol. The van der Waals surface area contributed by atoms with Crippen LogP contribution in [-0.4, -0.2) is 44.6 Å². The summed E-state index contributed by atoms with van der Waals surface area (Å²) >= 11 is 0. The van der Waals surface area contributed by atoms with Crippen molar-refractivity contribution in [1.29, 1.82) is 0 Å². The summed E-state index contributed by atoms with van der Waals surface area (Å²) in [6, 6.07) is 6.29. The van der Waals surface area contributed by atoms with Gasteiger partial charge in [0.1, 0.15) is 0 Å². The standard InChI is InChI=1S/C19H28F2N2.C2H2.CH5N/c1-14(2)16-12-15(6-7-17(16)22-3)13-18(23(4)5)8-10-19(20,21)11-9-18;2*1-2/h6-7,12,22H,1,8-11,13H2,2-5H3;1-2H;2H2,1H3. The van der Waals surface area contributed by atoms with Gasteiger partial charge in [0, 0.05) is 36.7 Å². The summed E-state index contributed by atoms with van der Waals surface area (Å²) in [7, 11) is 7.40. The van der Waals surface area contributed by atoms with Crippen LogP contribution in [0.2, 0.25) is 0 Å². The number of allylic oxidation sites excluding steroid dienone is 1. The highest BCUT2D eigenvalue weighted by atomic mass is 19.3. The van der Waals surface area contributed by atoms with Gasteiger partial charge >= 0.3 is 0 Å². The third kappa shape index (κ3) is 6.64. The zero-order valence-electron chi connectivity index (χ0n) is 17.4. The van der Waals surface area contributed by atoms with Gasteiger partial charge in [0.05, 0.1) is 0 Å². The van der Waals surface area contributed by atoms with Crippen LogP contribution in [0.25, 0.3) is 5.57 Å². The monoisotopic (exact) mass is 379 g/mol. The number of hydrogen-bond acceptors (Lipinski definition) is 3. The van der Waals surface area contributed by atoms with Gasteiger partial charge in [-0.2, -0.15) is 0 Å². The van der Waals surface area contributed by atoms with E-state index in [0.29, 0.717) is 12.8 Å². The van der Waals surface area contributed by atoms with Gasteiger partial charge in [-0.3, -0.25) is 0 Å². The van der Waals surface area contributed by atoms with E-state index in [4.69, 9.17) is 0 Å². The molecule has 152 valence electrons. The van der Waals surface area contributed by atoms with Gasteiger partial charge < -0.3 is 16.0 Å². The molecule has 0 saturated heterocycles. The molecule has 2 rings (SSSR count). The maximum Gasteiger partial charge on any atom is 0.248 e. The van der Waals surface area contributed by atoms with E-state index in [1.165, 1.54) is 12.6 Å². The molecule has 27 heavy (non-hydrogen) atoms. The van der Waals surface area contributed by atoms with Crippen molar-refractivity contribution >= 4 is 11.3 Å². The van der Waals surface area contributed by atoms with Gasteiger partial charge in [0.15, 0.2) is 0 Å². The number of rotatable bonds is 5. The largest absolute Gasteiger partial charge is 0.388 e. The Morgan fingerprint density at radius 2 is 1.70 bits per heavy atom. The van der Waals surface area contributed by atoms with Gasteiger partial charge in [-0.25, -0.2) is 8.78 Å². The number of alkyl halides is 2. The molecule has 1 aliphatic carbocycles. The minimum atomic E-state index is -2.50. The number of hydrogen-bond donors (Lipinski definition) is 2. The predicted octanol–water partition coefficient (Wildman–Crippen LogP) is 4.64. The first-order valence-corrected chi connectivity index (χ1v) is 9.12. The van der Waals surface area contributed by atoms with Gasteiger partial charge in [0.2, 0.25) is 5.92 Å². The smallest absolute Gasteiger partial charge is 0.248 e. The van der Waals surface area contributed by atoms with Crippen LogP contribution in [0.1, 0.15) is 43.7 Å². The molecule has 1 aromatic carbocycles. The van der Waals surface area contributed by atoms with Crippen LogP contribution in [0.4, 0.5) is 14.5 Å². The normalized spacial score (nSPS) is 17.0. The topological polar surface area (TPSA) is 41.3 Å². The lowest BCUT2D eigenvalue weighted by atomic mass is 9.75. The van der Waals surface area contributed by atoms with E-state index >= 15 is 0 Å². The highest BCUT2D eigenvalue weighted by Crippen LogP contribution is 2.42. The number of benzene rings is 1. The number of terminal acetylenes is 1. The van der Waals surface area contributed by atoms with Crippen LogP contribution in [0.3, 0.4) is 0 Å². The van der Waals surface area contributed by atoms with Crippen molar-refractivity contribution in [1.82, 2.24) is 4.90 Å². The van der Waals surface area contributed by atoms with E-state index in [1.807, 2.05) is 28.1 Å². The fourth-order valence-corrected chi connectivity index (χ4v) is 3.52.